The Balaban J connectivity index is 1.51. The molecule has 154 valence electrons. The first-order valence-corrected chi connectivity index (χ1v) is 10.6. The molecule has 0 atom stereocenters. The van der Waals surface area contributed by atoms with Crippen LogP contribution in [-0.4, -0.2) is 26.3 Å². The molecule has 6 nitrogen and oxygen atoms in total. The topological polar surface area (TPSA) is 74.1 Å². The molecule has 0 saturated carbocycles. The van der Waals surface area contributed by atoms with E-state index in [0.29, 0.717) is 22.4 Å². The molecule has 0 radical (unpaired) electrons. The highest BCUT2D eigenvalue weighted by Crippen LogP contribution is 2.28. The molecule has 0 fully saturated rings. The van der Waals surface area contributed by atoms with E-state index in [0.717, 1.165) is 22.6 Å². The van der Waals surface area contributed by atoms with Gasteiger partial charge in [0.1, 0.15) is 5.76 Å². The van der Waals surface area contributed by atoms with Gasteiger partial charge in [-0.2, -0.15) is 0 Å². The Morgan fingerprint density at radius 2 is 1.83 bits per heavy atom. The second-order valence-corrected chi connectivity index (χ2v) is 8.29. The molecular weight excluding hydrogens is 398 g/mol. The quantitative estimate of drug-likeness (QED) is 0.296. The number of thioether (sulfide) groups is 1. The van der Waals surface area contributed by atoms with Gasteiger partial charge >= 0.3 is 0 Å². The van der Waals surface area contributed by atoms with Gasteiger partial charge in [0.2, 0.25) is 0 Å². The molecule has 3 heterocycles. The molecule has 0 amide bonds. The summed E-state index contributed by atoms with van der Waals surface area (Å²) >= 11 is 1.24. The van der Waals surface area contributed by atoms with E-state index in [9.17, 15) is 4.79 Å². The van der Waals surface area contributed by atoms with Gasteiger partial charge in [-0.25, -0.2) is 0 Å². The van der Waals surface area contributed by atoms with Crippen LogP contribution in [0.1, 0.15) is 38.6 Å². The van der Waals surface area contributed by atoms with Crippen LogP contribution >= 0.6 is 11.8 Å². The zero-order valence-electron chi connectivity index (χ0n) is 17.6. The molecule has 1 aromatic carbocycles. The third kappa shape index (κ3) is 3.73. The van der Waals surface area contributed by atoms with Crippen molar-refractivity contribution in [1.29, 1.82) is 0 Å². The minimum absolute atomic E-state index is 0.0300. The van der Waals surface area contributed by atoms with Crippen molar-refractivity contribution in [3.8, 4) is 17.1 Å². The van der Waals surface area contributed by atoms with Crippen molar-refractivity contribution in [1.82, 2.24) is 14.8 Å². The summed E-state index contributed by atoms with van der Waals surface area (Å²) in [4.78, 5) is 12.9. The van der Waals surface area contributed by atoms with Gasteiger partial charge in [0.05, 0.1) is 17.6 Å². The number of aryl methyl sites for hydroxylation is 4. The molecule has 4 aromatic rings. The highest BCUT2D eigenvalue weighted by Gasteiger charge is 2.19. The number of hydrogen-bond acceptors (Lipinski definition) is 6. The molecule has 0 aliphatic carbocycles. The van der Waals surface area contributed by atoms with Gasteiger partial charge in [-0.3, -0.25) is 4.79 Å². The van der Waals surface area contributed by atoms with Crippen LogP contribution in [0.5, 0.6) is 0 Å². The maximum Gasteiger partial charge on any atom is 0.277 e. The molecule has 0 unspecified atom stereocenters. The molecule has 0 aliphatic rings. The lowest BCUT2D eigenvalue weighted by Gasteiger charge is -2.12. The first-order chi connectivity index (χ1) is 14.3. The van der Waals surface area contributed by atoms with Crippen molar-refractivity contribution in [3.05, 3.63) is 70.4 Å². The van der Waals surface area contributed by atoms with E-state index in [1.165, 1.54) is 22.9 Å². The Morgan fingerprint density at radius 1 is 1.03 bits per heavy atom. The van der Waals surface area contributed by atoms with Gasteiger partial charge in [-0.15, -0.1) is 10.2 Å². The minimum atomic E-state index is 0.0300. The Morgan fingerprint density at radius 3 is 2.53 bits per heavy atom. The second kappa shape index (κ2) is 7.99. The lowest BCUT2D eigenvalue weighted by atomic mass is 10.1. The smallest absolute Gasteiger partial charge is 0.277 e. The summed E-state index contributed by atoms with van der Waals surface area (Å²) in [6.45, 7) is 10.0. The van der Waals surface area contributed by atoms with Gasteiger partial charge < -0.3 is 13.4 Å². The molecule has 0 N–H and O–H groups in total. The monoisotopic (exact) mass is 421 g/mol. The van der Waals surface area contributed by atoms with Crippen LogP contribution in [0.4, 0.5) is 0 Å². The Kier molecular flexibility index (Phi) is 5.39. The number of hydrogen-bond donors (Lipinski definition) is 0. The zero-order valence-corrected chi connectivity index (χ0v) is 18.5. The van der Waals surface area contributed by atoms with E-state index in [-0.39, 0.29) is 11.5 Å². The summed E-state index contributed by atoms with van der Waals surface area (Å²) in [6, 6.07) is 10.1. The molecule has 0 spiro atoms. The Hall–Kier alpha value is -3.06. The molecule has 0 aliphatic heterocycles. The summed E-state index contributed by atoms with van der Waals surface area (Å²) in [5.41, 5.74) is 6.97. The third-order valence-electron chi connectivity index (χ3n) is 5.30. The number of carbonyl (C=O) groups is 1. The van der Waals surface area contributed by atoms with Crippen molar-refractivity contribution >= 4 is 17.5 Å². The van der Waals surface area contributed by atoms with Crippen LogP contribution in [0.2, 0.25) is 0 Å². The third-order valence-corrected chi connectivity index (χ3v) is 6.12. The fraction of sp³-hybridized carbons (Fsp3) is 0.261. The van der Waals surface area contributed by atoms with Gasteiger partial charge in [0, 0.05) is 22.6 Å². The highest BCUT2D eigenvalue weighted by molar-refractivity contribution is 7.99. The Labute approximate surface area is 179 Å². The van der Waals surface area contributed by atoms with Crippen molar-refractivity contribution in [2.75, 3.05) is 5.75 Å². The van der Waals surface area contributed by atoms with E-state index in [2.05, 4.69) is 46.8 Å². The summed E-state index contributed by atoms with van der Waals surface area (Å²) in [5.74, 6) is 1.36. The molecule has 0 bridgehead atoms. The lowest BCUT2D eigenvalue weighted by molar-refractivity contribution is 0.102. The lowest BCUT2D eigenvalue weighted by Crippen LogP contribution is -2.06. The summed E-state index contributed by atoms with van der Waals surface area (Å²) < 4.78 is 13.1. The number of Topliss-reactive ketones (excluding diaryl/α,β-unsaturated/α-hetero) is 1. The average molecular weight is 422 g/mol. The van der Waals surface area contributed by atoms with Gasteiger partial charge in [-0.1, -0.05) is 17.8 Å². The molecule has 7 heteroatoms. The van der Waals surface area contributed by atoms with Crippen molar-refractivity contribution in [2.24, 2.45) is 0 Å². The molecule has 0 saturated heterocycles. The SMILES string of the molecule is Cc1ccc(-n2c(C)cc(C(=O)CSc3nnc(-c4ccoc4C)o3)c2C)cc1C. The first kappa shape index (κ1) is 20.2. The van der Waals surface area contributed by atoms with Crippen molar-refractivity contribution in [3.63, 3.8) is 0 Å². The van der Waals surface area contributed by atoms with E-state index < -0.39 is 0 Å². The summed E-state index contributed by atoms with van der Waals surface area (Å²) in [6.07, 6.45) is 1.58. The minimum Gasteiger partial charge on any atom is -0.469 e. The van der Waals surface area contributed by atoms with E-state index in [1.54, 1.807) is 12.3 Å². The van der Waals surface area contributed by atoms with Crippen LogP contribution in [0.25, 0.3) is 17.1 Å². The number of ketones is 1. The molecular formula is C23H23N3O3S. The maximum absolute atomic E-state index is 12.9. The largest absolute Gasteiger partial charge is 0.469 e. The van der Waals surface area contributed by atoms with Crippen LogP contribution < -0.4 is 0 Å². The van der Waals surface area contributed by atoms with E-state index in [1.807, 2.05) is 26.8 Å². The zero-order chi connectivity index (χ0) is 21.4. The van der Waals surface area contributed by atoms with Gasteiger partial charge in [0.15, 0.2) is 5.78 Å². The van der Waals surface area contributed by atoms with E-state index >= 15 is 0 Å². The molecule has 30 heavy (non-hydrogen) atoms. The number of carbonyl (C=O) groups excluding carboxylic acids is 1. The van der Waals surface area contributed by atoms with E-state index in [4.69, 9.17) is 8.83 Å². The van der Waals surface area contributed by atoms with Gasteiger partial charge in [0.25, 0.3) is 11.1 Å². The predicted molar refractivity (Wildman–Crippen MR) is 117 cm³/mol. The standard InChI is InChI=1S/C23H23N3O3S/c1-13-6-7-18(10-14(13)2)26-15(3)11-20(16(26)4)21(27)12-30-23-25-24-22(29-23)19-8-9-28-17(19)5/h6-11H,12H2,1-5H3. The van der Waals surface area contributed by atoms with Crippen LogP contribution in [0.3, 0.4) is 0 Å². The van der Waals surface area contributed by atoms with Crippen molar-refractivity contribution in [2.45, 2.75) is 39.8 Å². The predicted octanol–water partition coefficient (Wildman–Crippen LogP) is 5.64. The molecule has 3 aromatic heterocycles. The molecule has 4 rings (SSSR count). The highest BCUT2D eigenvalue weighted by atomic mass is 32.2. The Bertz CT molecular complexity index is 1230. The summed E-state index contributed by atoms with van der Waals surface area (Å²) in [7, 11) is 0. The van der Waals surface area contributed by atoms with Crippen LogP contribution in [0.15, 0.2) is 50.7 Å². The number of benzene rings is 1. The summed E-state index contributed by atoms with van der Waals surface area (Å²) in [5, 5.41) is 8.45. The number of furan rings is 1. The van der Waals surface area contributed by atoms with Gasteiger partial charge in [-0.05, 0) is 70.0 Å². The van der Waals surface area contributed by atoms with Crippen LogP contribution in [0, 0.1) is 34.6 Å². The number of rotatable bonds is 6. The average Bonchev–Trinajstić information content (AvgIpc) is 3.41. The number of aromatic nitrogens is 3. The normalized spacial score (nSPS) is 11.2. The number of nitrogens with zero attached hydrogens (tertiary/aromatic N) is 3. The fourth-order valence-electron chi connectivity index (χ4n) is 3.50. The van der Waals surface area contributed by atoms with Crippen LogP contribution in [-0.2, 0) is 0 Å². The second-order valence-electron chi connectivity index (χ2n) is 7.36. The maximum atomic E-state index is 12.9. The fourth-order valence-corrected chi connectivity index (χ4v) is 4.14. The van der Waals surface area contributed by atoms with Crippen molar-refractivity contribution < 1.29 is 13.6 Å². The first-order valence-electron chi connectivity index (χ1n) is 9.65.